The van der Waals surface area contributed by atoms with Gasteiger partial charge in [-0.05, 0) is 46.0 Å². The summed E-state index contributed by atoms with van der Waals surface area (Å²) in [5.74, 6) is 0.730. The number of sulfonamides is 1. The standard InChI is InChI=1S/C16H23ClN4O3S/c1-10(2)21(5)25(22,23)12-6-7-14(17)13(9-12)16-19-15(20-24-16)8-11(3)18-4/h6-7,9-11,18H,8H2,1-5H3. The van der Waals surface area contributed by atoms with E-state index in [4.69, 9.17) is 16.1 Å². The van der Waals surface area contributed by atoms with E-state index < -0.39 is 10.0 Å². The molecule has 25 heavy (non-hydrogen) atoms. The van der Waals surface area contributed by atoms with E-state index in [0.717, 1.165) is 0 Å². The number of hydrogen-bond acceptors (Lipinski definition) is 6. The van der Waals surface area contributed by atoms with Crippen LogP contribution in [0.2, 0.25) is 5.02 Å². The summed E-state index contributed by atoms with van der Waals surface area (Å²) in [5.41, 5.74) is 0.399. The first-order valence-corrected chi connectivity index (χ1v) is 9.76. The van der Waals surface area contributed by atoms with Crippen molar-refractivity contribution in [3.8, 4) is 11.5 Å². The second-order valence-corrected chi connectivity index (χ2v) is 8.57. The fourth-order valence-corrected chi connectivity index (χ4v) is 3.69. The lowest BCUT2D eigenvalue weighted by atomic mass is 10.2. The average Bonchev–Trinajstić information content (AvgIpc) is 3.02. The zero-order valence-electron chi connectivity index (χ0n) is 14.9. The Morgan fingerprint density at radius 1 is 1.32 bits per heavy atom. The number of aromatic nitrogens is 2. The van der Waals surface area contributed by atoms with Gasteiger partial charge in [-0.25, -0.2) is 8.42 Å². The van der Waals surface area contributed by atoms with Crippen LogP contribution in [-0.4, -0.2) is 49.0 Å². The Morgan fingerprint density at radius 2 is 2.00 bits per heavy atom. The number of nitrogens with zero attached hydrogens (tertiary/aromatic N) is 3. The molecule has 1 atom stereocenters. The third-order valence-corrected chi connectivity index (χ3v) is 6.38. The molecule has 0 saturated heterocycles. The maximum Gasteiger partial charge on any atom is 0.259 e. The van der Waals surface area contributed by atoms with Gasteiger partial charge in [0, 0.05) is 25.6 Å². The topological polar surface area (TPSA) is 88.3 Å². The van der Waals surface area contributed by atoms with Crippen LogP contribution in [0.1, 0.15) is 26.6 Å². The molecule has 0 aliphatic carbocycles. The van der Waals surface area contributed by atoms with Gasteiger partial charge in [0.2, 0.25) is 10.0 Å². The number of halogens is 1. The fraction of sp³-hybridized carbons (Fsp3) is 0.500. The van der Waals surface area contributed by atoms with Crippen molar-refractivity contribution in [2.75, 3.05) is 14.1 Å². The fourth-order valence-electron chi connectivity index (χ4n) is 2.09. The summed E-state index contributed by atoms with van der Waals surface area (Å²) < 4.78 is 31.9. The Labute approximate surface area is 153 Å². The molecule has 2 aromatic rings. The Bertz CT molecular complexity index is 836. The average molecular weight is 387 g/mol. The first-order valence-electron chi connectivity index (χ1n) is 7.94. The van der Waals surface area contributed by atoms with E-state index >= 15 is 0 Å². The quantitative estimate of drug-likeness (QED) is 0.786. The molecule has 1 aromatic carbocycles. The highest BCUT2D eigenvalue weighted by Crippen LogP contribution is 2.30. The second-order valence-electron chi connectivity index (χ2n) is 6.17. The summed E-state index contributed by atoms with van der Waals surface area (Å²) in [6.07, 6.45) is 0.589. The van der Waals surface area contributed by atoms with Gasteiger partial charge in [0.15, 0.2) is 5.82 Å². The van der Waals surface area contributed by atoms with Crippen LogP contribution in [0.25, 0.3) is 11.5 Å². The van der Waals surface area contributed by atoms with Crippen molar-refractivity contribution >= 4 is 21.6 Å². The van der Waals surface area contributed by atoms with Gasteiger partial charge in [-0.3, -0.25) is 0 Å². The van der Waals surface area contributed by atoms with E-state index in [9.17, 15) is 8.42 Å². The molecule has 9 heteroatoms. The van der Waals surface area contributed by atoms with Crippen LogP contribution < -0.4 is 5.32 Å². The van der Waals surface area contributed by atoms with Crippen molar-refractivity contribution in [2.24, 2.45) is 0 Å². The Hall–Kier alpha value is -1.48. The summed E-state index contributed by atoms with van der Waals surface area (Å²) in [6.45, 7) is 5.61. The zero-order valence-corrected chi connectivity index (χ0v) is 16.5. The van der Waals surface area contributed by atoms with Crippen LogP contribution in [0, 0.1) is 0 Å². The molecule has 0 bridgehead atoms. The number of likely N-dealkylation sites (N-methyl/N-ethyl adjacent to an activating group) is 1. The summed E-state index contributed by atoms with van der Waals surface area (Å²) in [4.78, 5) is 4.45. The van der Waals surface area contributed by atoms with Crippen molar-refractivity contribution in [2.45, 2.75) is 44.2 Å². The minimum absolute atomic E-state index is 0.131. The van der Waals surface area contributed by atoms with Gasteiger partial charge in [0.25, 0.3) is 5.89 Å². The van der Waals surface area contributed by atoms with Gasteiger partial charge in [-0.1, -0.05) is 16.8 Å². The molecule has 0 spiro atoms. The smallest absolute Gasteiger partial charge is 0.259 e. The van der Waals surface area contributed by atoms with E-state index in [1.165, 1.54) is 29.6 Å². The predicted octanol–water partition coefficient (Wildman–Crippen LogP) is 2.57. The number of nitrogens with one attached hydrogen (secondary N) is 1. The molecule has 0 aliphatic heterocycles. The summed E-state index contributed by atoms with van der Waals surface area (Å²) >= 11 is 6.22. The van der Waals surface area contributed by atoms with Crippen LogP contribution >= 0.6 is 11.6 Å². The normalized spacial score (nSPS) is 13.6. The highest BCUT2D eigenvalue weighted by molar-refractivity contribution is 7.89. The molecule has 1 aromatic heterocycles. The minimum Gasteiger partial charge on any atom is -0.334 e. The van der Waals surface area contributed by atoms with Crippen molar-refractivity contribution in [3.05, 3.63) is 29.0 Å². The van der Waals surface area contributed by atoms with Gasteiger partial charge < -0.3 is 9.84 Å². The lowest BCUT2D eigenvalue weighted by molar-refractivity contribution is 0.410. The lowest BCUT2D eigenvalue weighted by Gasteiger charge is -2.21. The second kappa shape index (κ2) is 7.82. The molecular weight excluding hydrogens is 364 g/mol. The largest absolute Gasteiger partial charge is 0.334 e. The van der Waals surface area contributed by atoms with Gasteiger partial charge in [-0.2, -0.15) is 9.29 Å². The Kier molecular flexibility index (Phi) is 6.21. The van der Waals surface area contributed by atoms with Crippen LogP contribution in [0.3, 0.4) is 0 Å². The van der Waals surface area contributed by atoms with Crippen LogP contribution in [-0.2, 0) is 16.4 Å². The molecular formula is C16H23ClN4O3S. The molecule has 138 valence electrons. The maximum absolute atomic E-state index is 12.7. The summed E-state index contributed by atoms with van der Waals surface area (Å²) in [5, 5.41) is 7.38. The lowest BCUT2D eigenvalue weighted by Crippen LogP contribution is -2.33. The Morgan fingerprint density at radius 3 is 2.60 bits per heavy atom. The summed E-state index contributed by atoms with van der Waals surface area (Å²) in [6, 6.07) is 4.49. The molecule has 0 fully saturated rings. The van der Waals surface area contributed by atoms with Gasteiger partial charge in [-0.15, -0.1) is 0 Å². The molecule has 0 aliphatic rings. The van der Waals surface area contributed by atoms with E-state index in [1.807, 2.05) is 27.8 Å². The number of hydrogen-bond donors (Lipinski definition) is 1. The van der Waals surface area contributed by atoms with E-state index in [0.29, 0.717) is 22.8 Å². The zero-order chi connectivity index (χ0) is 18.8. The van der Waals surface area contributed by atoms with Gasteiger partial charge >= 0.3 is 0 Å². The highest BCUT2D eigenvalue weighted by atomic mass is 35.5. The number of rotatable bonds is 7. The van der Waals surface area contributed by atoms with Gasteiger partial charge in [0.1, 0.15) is 0 Å². The van der Waals surface area contributed by atoms with Crippen LogP contribution in [0.5, 0.6) is 0 Å². The minimum atomic E-state index is -3.63. The first-order chi connectivity index (χ1) is 11.7. The van der Waals surface area contributed by atoms with Crippen molar-refractivity contribution in [3.63, 3.8) is 0 Å². The molecule has 1 unspecified atom stereocenters. The molecule has 1 heterocycles. The van der Waals surface area contributed by atoms with Crippen molar-refractivity contribution in [1.82, 2.24) is 19.8 Å². The van der Waals surface area contributed by atoms with Crippen molar-refractivity contribution in [1.29, 1.82) is 0 Å². The van der Waals surface area contributed by atoms with E-state index in [2.05, 4.69) is 15.5 Å². The van der Waals surface area contributed by atoms with Gasteiger partial charge in [0.05, 0.1) is 15.5 Å². The molecule has 1 N–H and O–H groups in total. The molecule has 7 nitrogen and oxygen atoms in total. The monoisotopic (exact) mass is 386 g/mol. The third-order valence-electron chi connectivity index (χ3n) is 4.02. The molecule has 0 amide bonds. The van der Waals surface area contributed by atoms with Crippen LogP contribution in [0.15, 0.2) is 27.6 Å². The summed E-state index contributed by atoms with van der Waals surface area (Å²) in [7, 11) is -0.238. The SMILES string of the molecule is CNC(C)Cc1noc(-c2cc(S(=O)(=O)N(C)C(C)C)ccc2Cl)n1. The molecule has 0 saturated carbocycles. The first kappa shape index (κ1) is 19.8. The van der Waals surface area contributed by atoms with E-state index in [1.54, 1.807) is 0 Å². The Balaban J connectivity index is 2.40. The molecule has 0 radical (unpaired) electrons. The highest BCUT2D eigenvalue weighted by Gasteiger charge is 2.25. The van der Waals surface area contributed by atoms with E-state index in [-0.39, 0.29) is 22.9 Å². The number of benzene rings is 1. The molecule has 2 rings (SSSR count). The van der Waals surface area contributed by atoms with Crippen molar-refractivity contribution < 1.29 is 12.9 Å². The third kappa shape index (κ3) is 4.38. The maximum atomic E-state index is 12.7. The predicted molar refractivity (Wildman–Crippen MR) is 97.1 cm³/mol. The van der Waals surface area contributed by atoms with Crippen LogP contribution in [0.4, 0.5) is 0 Å².